The number of nitrogens with two attached hydrogens (primary N) is 1. The van der Waals surface area contributed by atoms with Gasteiger partial charge in [0.1, 0.15) is 11.8 Å². The summed E-state index contributed by atoms with van der Waals surface area (Å²) in [7, 11) is 1.67. The van der Waals surface area contributed by atoms with Crippen molar-refractivity contribution in [3.63, 3.8) is 0 Å². The van der Waals surface area contributed by atoms with Crippen molar-refractivity contribution in [2.45, 2.75) is 38.6 Å². The monoisotopic (exact) mass is 251 g/mol. The van der Waals surface area contributed by atoms with Gasteiger partial charge in [-0.1, -0.05) is 19.1 Å². The first-order valence-electron chi connectivity index (χ1n) is 6.22. The van der Waals surface area contributed by atoms with Gasteiger partial charge in [0.2, 0.25) is 0 Å². The van der Waals surface area contributed by atoms with Crippen LogP contribution in [0.25, 0.3) is 0 Å². The summed E-state index contributed by atoms with van der Waals surface area (Å²) in [5.74, 6) is -0.0255. The Hall–Kier alpha value is -1.55. The average molecular weight is 251 g/mol. The molecule has 0 saturated carbocycles. The average Bonchev–Trinajstić information content (AvgIpc) is 2.38. The van der Waals surface area contributed by atoms with Gasteiger partial charge >= 0.3 is 5.97 Å². The molecule has 1 aromatic carbocycles. The van der Waals surface area contributed by atoms with Crippen LogP contribution in [0, 0.1) is 0 Å². The van der Waals surface area contributed by atoms with Crippen LogP contribution in [0.4, 0.5) is 0 Å². The first-order valence-corrected chi connectivity index (χ1v) is 6.22. The fourth-order valence-corrected chi connectivity index (χ4v) is 1.91. The second kappa shape index (κ2) is 7.01. The van der Waals surface area contributed by atoms with Crippen molar-refractivity contribution >= 4 is 5.97 Å². The quantitative estimate of drug-likeness (QED) is 0.777. The molecule has 0 fully saturated rings. The lowest BCUT2D eigenvalue weighted by Crippen LogP contribution is -2.29. The van der Waals surface area contributed by atoms with Crippen LogP contribution in [0.1, 0.15) is 30.9 Å². The van der Waals surface area contributed by atoms with Gasteiger partial charge in [0.15, 0.2) is 0 Å². The Kier molecular flexibility index (Phi) is 5.65. The van der Waals surface area contributed by atoms with Gasteiger partial charge in [-0.25, -0.2) is 0 Å². The molecule has 0 saturated heterocycles. The lowest BCUT2D eigenvalue weighted by atomic mass is 10.0. The predicted octanol–water partition coefficient (Wildman–Crippen LogP) is 1.99. The van der Waals surface area contributed by atoms with Crippen molar-refractivity contribution in [1.29, 1.82) is 0 Å². The second-order valence-electron chi connectivity index (χ2n) is 4.34. The zero-order valence-electron chi connectivity index (χ0n) is 11.0. The number of benzene rings is 1. The van der Waals surface area contributed by atoms with E-state index in [2.05, 4.69) is 13.0 Å². The number of methoxy groups -OCH3 is 1. The molecule has 4 heteroatoms. The third-order valence-electron chi connectivity index (χ3n) is 3.02. The van der Waals surface area contributed by atoms with Crippen LogP contribution in [0.15, 0.2) is 18.2 Å². The van der Waals surface area contributed by atoms with Gasteiger partial charge in [-0.15, -0.1) is 0 Å². The van der Waals surface area contributed by atoms with Gasteiger partial charge in [0.25, 0.3) is 0 Å². The molecule has 0 bridgehead atoms. The zero-order chi connectivity index (χ0) is 13.5. The predicted molar refractivity (Wildman–Crippen MR) is 70.9 cm³/mol. The number of carbonyl (C=O) groups is 1. The Morgan fingerprint density at radius 2 is 2.22 bits per heavy atom. The van der Waals surface area contributed by atoms with E-state index in [1.54, 1.807) is 7.11 Å². The van der Waals surface area contributed by atoms with Crippen LogP contribution in [0.2, 0.25) is 0 Å². The summed E-state index contributed by atoms with van der Waals surface area (Å²) in [6.07, 6.45) is 3.05. The molecule has 1 atom stereocenters. The van der Waals surface area contributed by atoms with E-state index in [0.717, 1.165) is 25.0 Å². The largest absolute Gasteiger partial charge is 0.496 e. The maximum absolute atomic E-state index is 10.6. The van der Waals surface area contributed by atoms with Crippen molar-refractivity contribution in [3.05, 3.63) is 29.3 Å². The molecule has 3 N–H and O–H groups in total. The molecule has 18 heavy (non-hydrogen) atoms. The zero-order valence-corrected chi connectivity index (χ0v) is 11.0. The van der Waals surface area contributed by atoms with Crippen molar-refractivity contribution in [3.8, 4) is 5.75 Å². The van der Waals surface area contributed by atoms with E-state index in [-0.39, 0.29) is 0 Å². The Labute approximate surface area is 108 Å². The van der Waals surface area contributed by atoms with E-state index in [4.69, 9.17) is 15.6 Å². The normalized spacial score (nSPS) is 12.2. The van der Waals surface area contributed by atoms with Gasteiger partial charge in [-0.3, -0.25) is 4.79 Å². The third kappa shape index (κ3) is 4.04. The van der Waals surface area contributed by atoms with Crippen LogP contribution in [-0.2, 0) is 17.6 Å². The minimum atomic E-state index is -0.932. The summed E-state index contributed by atoms with van der Waals surface area (Å²) in [4.78, 5) is 10.6. The highest BCUT2D eigenvalue weighted by Gasteiger charge is 2.10. The van der Waals surface area contributed by atoms with Crippen molar-refractivity contribution < 1.29 is 14.6 Å². The molecule has 0 aromatic heterocycles. The molecule has 0 spiro atoms. The van der Waals surface area contributed by atoms with Crippen molar-refractivity contribution in [1.82, 2.24) is 0 Å². The molecule has 0 radical (unpaired) electrons. The van der Waals surface area contributed by atoms with E-state index in [1.165, 1.54) is 11.1 Å². The number of ether oxygens (including phenoxy) is 1. The fourth-order valence-electron chi connectivity index (χ4n) is 1.91. The molecule has 4 nitrogen and oxygen atoms in total. The number of hydrogen-bond donors (Lipinski definition) is 2. The lowest BCUT2D eigenvalue weighted by molar-refractivity contribution is -0.138. The maximum Gasteiger partial charge on any atom is 0.320 e. The summed E-state index contributed by atoms with van der Waals surface area (Å²) >= 11 is 0. The fraction of sp³-hybridized carbons (Fsp3) is 0.500. The molecule has 0 aliphatic rings. The third-order valence-corrected chi connectivity index (χ3v) is 3.02. The summed E-state index contributed by atoms with van der Waals surface area (Å²) in [6, 6.07) is 5.34. The Bertz CT molecular complexity index is 404. The molecular formula is C14H21NO3. The molecule has 0 aliphatic heterocycles. The number of hydrogen-bond acceptors (Lipinski definition) is 3. The Balaban J connectivity index is 2.55. The van der Waals surface area contributed by atoms with Gasteiger partial charge in [-0.05, 0) is 42.9 Å². The Morgan fingerprint density at radius 3 is 2.78 bits per heavy atom. The molecule has 0 aliphatic carbocycles. The van der Waals surface area contributed by atoms with E-state index < -0.39 is 12.0 Å². The second-order valence-corrected chi connectivity index (χ2v) is 4.34. The lowest BCUT2D eigenvalue weighted by Gasteiger charge is -2.10. The minimum absolute atomic E-state index is 0.503. The van der Waals surface area contributed by atoms with Crippen LogP contribution in [-0.4, -0.2) is 24.2 Å². The van der Waals surface area contributed by atoms with Crippen molar-refractivity contribution in [2.75, 3.05) is 7.11 Å². The highest BCUT2D eigenvalue weighted by atomic mass is 16.5. The summed E-state index contributed by atoms with van der Waals surface area (Å²) in [6.45, 7) is 2.09. The minimum Gasteiger partial charge on any atom is -0.496 e. The summed E-state index contributed by atoms with van der Waals surface area (Å²) < 4.78 is 5.27. The van der Waals surface area contributed by atoms with E-state index >= 15 is 0 Å². The molecule has 1 rings (SSSR count). The topological polar surface area (TPSA) is 72.6 Å². The van der Waals surface area contributed by atoms with Crippen LogP contribution in [0.3, 0.4) is 0 Å². The highest BCUT2D eigenvalue weighted by Crippen LogP contribution is 2.21. The first kappa shape index (κ1) is 14.5. The van der Waals surface area contributed by atoms with E-state index in [9.17, 15) is 4.79 Å². The van der Waals surface area contributed by atoms with Crippen molar-refractivity contribution in [2.24, 2.45) is 5.73 Å². The smallest absolute Gasteiger partial charge is 0.320 e. The molecule has 0 amide bonds. The first-order chi connectivity index (χ1) is 8.58. The highest BCUT2D eigenvalue weighted by molar-refractivity contribution is 5.72. The molecule has 1 aromatic rings. The number of aliphatic carboxylic acids is 1. The summed E-state index contributed by atoms with van der Waals surface area (Å²) in [5, 5.41) is 8.69. The van der Waals surface area contributed by atoms with E-state index in [1.807, 2.05) is 12.1 Å². The van der Waals surface area contributed by atoms with Crippen LogP contribution in [0.5, 0.6) is 5.75 Å². The van der Waals surface area contributed by atoms with Crippen LogP contribution < -0.4 is 10.5 Å². The van der Waals surface area contributed by atoms with Crippen LogP contribution >= 0.6 is 0 Å². The van der Waals surface area contributed by atoms with Gasteiger partial charge < -0.3 is 15.6 Å². The Morgan fingerprint density at radius 1 is 1.50 bits per heavy atom. The number of aryl methyl sites for hydroxylation is 2. The molecule has 0 heterocycles. The standard InChI is InChI=1S/C14H21NO3/c1-3-11-9-10(7-8-13(11)18-2)5-4-6-12(15)14(16)17/h7-9,12H,3-6,15H2,1-2H3,(H,16,17). The SMILES string of the molecule is CCc1cc(CCCC(N)C(=O)O)ccc1OC. The molecule has 1 unspecified atom stereocenters. The molecule has 100 valence electrons. The summed E-state index contributed by atoms with van der Waals surface area (Å²) in [5.41, 5.74) is 7.84. The van der Waals surface area contributed by atoms with E-state index in [0.29, 0.717) is 6.42 Å². The number of carboxylic acids is 1. The number of carboxylic acid groups (broad SMARTS) is 1. The van der Waals surface area contributed by atoms with Gasteiger partial charge in [-0.2, -0.15) is 0 Å². The van der Waals surface area contributed by atoms with Gasteiger partial charge in [0, 0.05) is 0 Å². The molecular weight excluding hydrogens is 230 g/mol. The van der Waals surface area contributed by atoms with Gasteiger partial charge in [0.05, 0.1) is 7.11 Å². The number of rotatable bonds is 7. The maximum atomic E-state index is 10.6.